The van der Waals surface area contributed by atoms with Crippen molar-refractivity contribution in [3.8, 4) is 0 Å². The molecule has 5 nitrogen and oxygen atoms in total. The quantitative estimate of drug-likeness (QED) is 0.850. The van der Waals surface area contributed by atoms with Crippen molar-refractivity contribution in [3.05, 3.63) is 24.0 Å². The summed E-state index contributed by atoms with van der Waals surface area (Å²) in [4.78, 5) is 16.0. The van der Waals surface area contributed by atoms with E-state index in [4.69, 9.17) is 4.74 Å². The fourth-order valence-electron chi connectivity index (χ4n) is 2.04. The fraction of sp³-hybridized carbons (Fsp3) is 0.571. The molecule has 2 N–H and O–H groups in total. The Balaban J connectivity index is 1.92. The topological polar surface area (TPSA) is 63.2 Å². The molecular weight excluding hydrogens is 242 g/mol. The van der Waals surface area contributed by atoms with Gasteiger partial charge in [-0.15, -0.1) is 0 Å². The monoisotopic (exact) mass is 263 g/mol. The maximum absolute atomic E-state index is 11.9. The average Bonchev–Trinajstić information content (AvgIpc) is 2.89. The zero-order chi connectivity index (χ0) is 13.7. The summed E-state index contributed by atoms with van der Waals surface area (Å²) in [6.07, 6.45) is 5.79. The molecule has 0 radical (unpaired) electrons. The van der Waals surface area contributed by atoms with Crippen molar-refractivity contribution < 1.29 is 9.53 Å². The number of amides is 1. The largest absolute Gasteiger partial charge is 0.381 e. The fourth-order valence-corrected chi connectivity index (χ4v) is 2.04. The first kappa shape index (κ1) is 13.8. The molecule has 0 aliphatic carbocycles. The number of rotatable bonds is 5. The number of carbonyl (C=O) groups excluding carboxylic acids is 1. The van der Waals surface area contributed by atoms with Crippen LogP contribution in [0.2, 0.25) is 0 Å². The summed E-state index contributed by atoms with van der Waals surface area (Å²) in [6, 6.07) is 1.94. The van der Waals surface area contributed by atoms with Gasteiger partial charge in [-0.2, -0.15) is 0 Å². The van der Waals surface area contributed by atoms with Gasteiger partial charge in [0.2, 0.25) is 0 Å². The van der Waals surface area contributed by atoms with Crippen LogP contribution in [0.1, 0.15) is 37.0 Å². The molecule has 104 valence electrons. The van der Waals surface area contributed by atoms with Gasteiger partial charge in [0.15, 0.2) is 0 Å². The smallest absolute Gasteiger partial charge is 0.253 e. The van der Waals surface area contributed by atoms with Crippen molar-refractivity contribution in [2.24, 2.45) is 0 Å². The van der Waals surface area contributed by atoms with E-state index in [0.717, 1.165) is 31.7 Å². The van der Waals surface area contributed by atoms with E-state index < -0.39 is 0 Å². The zero-order valence-corrected chi connectivity index (χ0v) is 11.5. The maximum Gasteiger partial charge on any atom is 0.253 e. The Bertz CT molecular complexity index is 428. The summed E-state index contributed by atoms with van der Waals surface area (Å²) in [7, 11) is 0. The van der Waals surface area contributed by atoms with Crippen molar-refractivity contribution in [3.63, 3.8) is 0 Å². The van der Waals surface area contributed by atoms with Crippen LogP contribution < -0.4 is 10.6 Å². The first-order valence-corrected chi connectivity index (χ1v) is 6.76. The lowest BCUT2D eigenvalue weighted by Crippen LogP contribution is -2.30. The Kier molecular flexibility index (Phi) is 4.74. The second kappa shape index (κ2) is 6.52. The van der Waals surface area contributed by atoms with Crippen molar-refractivity contribution in [1.29, 1.82) is 0 Å². The van der Waals surface area contributed by atoms with Crippen LogP contribution >= 0.6 is 0 Å². The highest BCUT2D eigenvalue weighted by Gasteiger charge is 2.15. The van der Waals surface area contributed by atoms with Crippen molar-refractivity contribution in [2.45, 2.75) is 38.8 Å². The minimum absolute atomic E-state index is 0.0942. The normalized spacial score (nSPS) is 18.6. The number of hydrogen-bond acceptors (Lipinski definition) is 4. The molecule has 1 aromatic rings. The standard InChI is InChI=1S/C14H21N3O2/c1-10(2)17-14(18)11-6-12(8-15-7-11)16-9-13-4-3-5-19-13/h6-8,10,13,16H,3-5,9H2,1-2H3,(H,17,18). The Morgan fingerprint density at radius 1 is 1.53 bits per heavy atom. The van der Waals surface area contributed by atoms with Crippen LogP contribution in [0.25, 0.3) is 0 Å². The van der Waals surface area contributed by atoms with Gasteiger partial charge in [0, 0.05) is 31.6 Å². The molecule has 0 bridgehead atoms. The highest BCUT2D eigenvalue weighted by Crippen LogP contribution is 2.14. The van der Waals surface area contributed by atoms with E-state index >= 15 is 0 Å². The number of nitrogens with one attached hydrogen (secondary N) is 2. The van der Waals surface area contributed by atoms with Gasteiger partial charge in [0.05, 0.1) is 17.4 Å². The molecule has 1 aliphatic rings. The molecule has 2 rings (SSSR count). The van der Waals surface area contributed by atoms with E-state index in [1.807, 2.05) is 19.9 Å². The summed E-state index contributed by atoms with van der Waals surface area (Å²) in [5.74, 6) is -0.0942. The molecule has 0 aromatic carbocycles. The lowest BCUT2D eigenvalue weighted by Gasteiger charge is -2.13. The molecule has 1 amide bonds. The van der Waals surface area contributed by atoms with Gasteiger partial charge in [0.1, 0.15) is 0 Å². The molecule has 1 atom stereocenters. The predicted octanol–water partition coefficient (Wildman–Crippen LogP) is 1.81. The SMILES string of the molecule is CC(C)NC(=O)c1cncc(NCC2CCCO2)c1. The van der Waals surface area contributed by atoms with E-state index in [9.17, 15) is 4.79 Å². The summed E-state index contributed by atoms with van der Waals surface area (Å²) >= 11 is 0. The molecule has 1 saturated heterocycles. The van der Waals surface area contributed by atoms with E-state index in [0.29, 0.717) is 5.56 Å². The van der Waals surface area contributed by atoms with Crippen LogP contribution in [-0.2, 0) is 4.74 Å². The van der Waals surface area contributed by atoms with Gasteiger partial charge in [0.25, 0.3) is 5.91 Å². The Morgan fingerprint density at radius 3 is 3.05 bits per heavy atom. The summed E-state index contributed by atoms with van der Waals surface area (Å²) < 4.78 is 5.54. The molecule has 2 heterocycles. The van der Waals surface area contributed by atoms with Crippen molar-refractivity contribution >= 4 is 11.6 Å². The molecule has 1 aromatic heterocycles. The van der Waals surface area contributed by atoms with E-state index in [1.165, 1.54) is 0 Å². The molecule has 5 heteroatoms. The second-order valence-electron chi connectivity index (χ2n) is 5.11. The lowest BCUT2D eigenvalue weighted by molar-refractivity contribution is 0.0943. The van der Waals surface area contributed by atoms with Crippen LogP contribution in [-0.4, -0.2) is 36.2 Å². The molecule has 1 aliphatic heterocycles. The molecular formula is C14H21N3O2. The van der Waals surface area contributed by atoms with E-state index in [1.54, 1.807) is 12.4 Å². The Morgan fingerprint density at radius 2 is 2.37 bits per heavy atom. The molecule has 19 heavy (non-hydrogen) atoms. The number of anilines is 1. The lowest BCUT2D eigenvalue weighted by atomic mass is 10.2. The van der Waals surface area contributed by atoms with Crippen LogP contribution in [0.15, 0.2) is 18.5 Å². The Labute approximate surface area is 113 Å². The van der Waals surface area contributed by atoms with Gasteiger partial charge in [-0.25, -0.2) is 0 Å². The number of hydrogen-bond donors (Lipinski definition) is 2. The van der Waals surface area contributed by atoms with E-state index in [2.05, 4.69) is 15.6 Å². The highest BCUT2D eigenvalue weighted by molar-refractivity contribution is 5.94. The van der Waals surface area contributed by atoms with Crippen LogP contribution in [0.5, 0.6) is 0 Å². The molecule has 0 saturated carbocycles. The number of carbonyl (C=O) groups is 1. The number of ether oxygens (including phenoxy) is 1. The third-order valence-corrected chi connectivity index (χ3v) is 2.98. The summed E-state index contributed by atoms with van der Waals surface area (Å²) in [6.45, 7) is 5.48. The number of aromatic nitrogens is 1. The second-order valence-corrected chi connectivity index (χ2v) is 5.11. The van der Waals surface area contributed by atoms with Gasteiger partial charge in [-0.05, 0) is 32.8 Å². The van der Waals surface area contributed by atoms with Gasteiger partial charge >= 0.3 is 0 Å². The van der Waals surface area contributed by atoms with Gasteiger partial charge in [-0.1, -0.05) is 0 Å². The molecule has 1 fully saturated rings. The molecule has 0 spiro atoms. The van der Waals surface area contributed by atoms with Crippen molar-refractivity contribution in [1.82, 2.24) is 10.3 Å². The third-order valence-electron chi connectivity index (χ3n) is 2.98. The van der Waals surface area contributed by atoms with Gasteiger partial charge < -0.3 is 15.4 Å². The number of nitrogens with zero attached hydrogens (tertiary/aromatic N) is 1. The van der Waals surface area contributed by atoms with E-state index in [-0.39, 0.29) is 18.1 Å². The first-order valence-electron chi connectivity index (χ1n) is 6.76. The molecule has 1 unspecified atom stereocenters. The summed E-state index contributed by atoms with van der Waals surface area (Å²) in [5, 5.41) is 6.12. The predicted molar refractivity (Wildman–Crippen MR) is 74.3 cm³/mol. The summed E-state index contributed by atoms with van der Waals surface area (Å²) in [5.41, 5.74) is 1.43. The third kappa shape index (κ3) is 4.21. The van der Waals surface area contributed by atoms with Crippen molar-refractivity contribution in [2.75, 3.05) is 18.5 Å². The minimum Gasteiger partial charge on any atom is -0.381 e. The Hall–Kier alpha value is -1.62. The maximum atomic E-state index is 11.9. The first-order chi connectivity index (χ1) is 9.15. The van der Waals surface area contributed by atoms with Crippen LogP contribution in [0.3, 0.4) is 0 Å². The van der Waals surface area contributed by atoms with Gasteiger partial charge in [-0.3, -0.25) is 9.78 Å². The van der Waals surface area contributed by atoms with Crippen LogP contribution in [0, 0.1) is 0 Å². The number of pyridine rings is 1. The zero-order valence-electron chi connectivity index (χ0n) is 11.5. The minimum atomic E-state index is -0.0942. The van der Waals surface area contributed by atoms with Crippen LogP contribution in [0.4, 0.5) is 5.69 Å². The highest BCUT2D eigenvalue weighted by atomic mass is 16.5. The average molecular weight is 263 g/mol.